The van der Waals surface area contributed by atoms with Crippen molar-refractivity contribution >= 4 is 28.4 Å². The minimum Gasteiger partial charge on any atom is -0.361 e. The Labute approximate surface area is 127 Å². The summed E-state index contributed by atoms with van der Waals surface area (Å²) in [6, 6.07) is 15.5. The second-order valence-corrected chi connectivity index (χ2v) is 5.42. The first-order valence-corrected chi connectivity index (χ1v) is 7.16. The van der Waals surface area contributed by atoms with E-state index in [0.29, 0.717) is 18.0 Å². The number of rotatable bonds is 4. The van der Waals surface area contributed by atoms with Gasteiger partial charge in [0.1, 0.15) is 0 Å². The van der Waals surface area contributed by atoms with E-state index < -0.39 is 0 Å². The smallest absolute Gasteiger partial charge is 0.224 e. The summed E-state index contributed by atoms with van der Waals surface area (Å²) in [7, 11) is 0. The van der Waals surface area contributed by atoms with Gasteiger partial charge in [-0.05, 0) is 46.8 Å². The molecule has 1 aromatic heterocycles. The third-order valence-electron chi connectivity index (χ3n) is 3.39. The van der Waals surface area contributed by atoms with Crippen LogP contribution in [0.3, 0.4) is 0 Å². The number of fused-ring (bicyclic) bond motifs is 1. The lowest BCUT2D eigenvalue weighted by Crippen LogP contribution is -2.24. The van der Waals surface area contributed by atoms with Crippen molar-refractivity contribution in [1.29, 1.82) is 0 Å². The molecule has 0 fully saturated rings. The van der Waals surface area contributed by atoms with Crippen molar-refractivity contribution in [1.82, 2.24) is 10.3 Å². The van der Waals surface area contributed by atoms with Crippen molar-refractivity contribution in [2.45, 2.75) is 13.0 Å². The molecule has 0 saturated heterocycles. The first-order valence-electron chi connectivity index (χ1n) is 6.78. The number of aromatic amines is 1. The van der Waals surface area contributed by atoms with Crippen molar-refractivity contribution in [3.8, 4) is 0 Å². The van der Waals surface area contributed by atoms with Gasteiger partial charge >= 0.3 is 0 Å². The lowest BCUT2D eigenvalue weighted by atomic mass is 10.1. The Kier molecular flexibility index (Phi) is 3.93. The number of carbonyl (C=O) groups is 1. The fraction of sp³-hybridized carbons (Fsp3) is 0.118. The van der Waals surface area contributed by atoms with E-state index in [4.69, 9.17) is 11.6 Å². The van der Waals surface area contributed by atoms with Crippen LogP contribution >= 0.6 is 11.6 Å². The van der Waals surface area contributed by atoms with E-state index in [2.05, 4.69) is 10.3 Å². The zero-order valence-corrected chi connectivity index (χ0v) is 12.2. The summed E-state index contributed by atoms with van der Waals surface area (Å²) in [6.07, 6.45) is 2.28. The molecule has 1 amide bonds. The Bertz CT molecular complexity index is 762. The van der Waals surface area contributed by atoms with Gasteiger partial charge in [0.15, 0.2) is 0 Å². The van der Waals surface area contributed by atoms with Crippen molar-refractivity contribution in [3.05, 3.63) is 70.9 Å². The van der Waals surface area contributed by atoms with E-state index in [1.165, 1.54) is 0 Å². The van der Waals surface area contributed by atoms with Gasteiger partial charge in [-0.2, -0.15) is 0 Å². The van der Waals surface area contributed by atoms with Gasteiger partial charge in [0.05, 0.1) is 6.42 Å². The standard InChI is InChI=1S/C17H15ClN2O/c18-15-4-1-12(2-5-15)11-20-17(21)10-13-3-6-16-14(9-13)7-8-19-16/h1-9,19H,10-11H2,(H,20,21). The summed E-state index contributed by atoms with van der Waals surface area (Å²) in [6.45, 7) is 0.516. The lowest BCUT2D eigenvalue weighted by Gasteiger charge is -2.06. The van der Waals surface area contributed by atoms with Crippen LogP contribution in [0.25, 0.3) is 10.9 Å². The summed E-state index contributed by atoms with van der Waals surface area (Å²) in [5.74, 6) is 0.0137. The summed E-state index contributed by atoms with van der Waals surface area (Å²) in [5.41, 5.74) is 3.13. The average molecular weight is 299 g/mol. The van der Waals surface area contributed by atoms with Crippen LogP contribution in [0.1, 0.15) is 11.1 Å². The monoisotopic (exact) mass is 298 g/mol. The van der Waals surface area contributed by atoms with Crippen molar-refractivity contribution in [2.75, 3.05) is 0 Å². The Balaban J connectivity index is 1.59. The molecule has 106 valence electrons. The quantitative estimate of drug-likeness (QED) is 0.758. The van der Waals surface area contributed by atoms with Crippen LogP contribution in [0.15, 0.2) is 54.7 Å². The molecule has 0 saturated carbocycles. The third kappa shape index (κ3) is 3.44. The van der Waals surface area contributed by atoms with Crippen LogP contribution in [-0.4, -0.2) is 10.9 Å². The highest BCUT2D eigenvalue weighted by Crippen LogP contribution is 2.14. The first-order chi connectivity index (χ1) is 10.2. The van der Waals surface area contributed by atoms with Gasteiger partial charge in [0.25, 0.3) is 0 Å². The Hall–Kier alpha value is -2.26. The number of carbonyl (C=O) groups excluding carboxylic acids is 1. The van der Waals surface area contributed by atoms with Crippen molar-refractivity contribution in [3.63, 3.8) is 0 Å². The van der Waals surface area contributed by atoms with Crippen LogP contribution in [0.2, 0.25) is 5.02 Å². The van der Waals surface area contributed by atoms with E-state index in [1.807, 2.05) is 54.7 Å². The first kappa shape index (κ1) is 13.7. The summed E-state index contributed by atoms with van der Waals surface area (Å²) in [5, 5.41) is 4.74. The number of hydrogen-bond donors (Lipinski definition) is 2. The van der Waals surface area contributed by atoms with Crippen LogP contribution in [0, 0.1) is 0 Å². The molecule has 0 aliphatic carbocycles. The van der Waals surface area contributed by atoms with Gasteiger partial charge in [-0.3, -0.25) is 4.79 Å². The predicted molar refractivity (Wildman–Crippen MR) is 85.3 cm³/mol. The molecule has 0 aliphatic rings. The molecule has 0 atom stereocenters. The van der Waals surface area contributed by atoms with Gasteiger partial charge < -0.3 is 10.3 Å². The van der Waals surface area contributed by atoms with Crippen molar-refractivity contribution < 1.29 is 4.79 Å². The highest BCUT2D eigenvalue weighted by Gasteiger charge is 2.04. The molecule has 3 aromatic rings. The molecule has 0 aliphatic heterocycles. The zero-order chi connectivity index (χ0) is 14.7. The fourth-order valence-electron chi connectivity index (χ4n) is 2.26. The SMILES string of the molecule is O=C(Cc1ccc2[nH]ccc2c1)NCc1ccc(Cl)cc1. The summed E-state index contributed by atoms with van der Waals surface area (Å²) in [4.78, 5) is 15.1. The Morgan fingerprint density at radius 1 is 1.05 bits per heavy atom. The molecule has 0 bridgehead atoms. The van der Waals surface area contributed by atoms with Gasteiger partial charge in [0, 0.05) is 23.3 Å². The second kappa shape index (κ2) is 6.02. The van der Waals surface area contributed by atoms with Crippen LogP contribution in [0.4, 0.5) is 0 Å². The summed E-state index contributed by atoms with van der Waals surface area (Å²) >= 11 is 5.83. The van der Waals surface area contributed by atoms with Crippen LogP contribution in [0.5, 0.6) is 0 Å². The fourth-order valence-corrected chi connectivity index (χ4v) is 2.39. The maximum absolute atomic E-state index is 12.0. The Morgan fingerprint density at radius 2 is 1.81 bits per heavy atom. The van der Waals surface area contributed by atoms with Crippen molar-refractivity contribution in [2.24, 2.45) is 0 Å². The third-order valence-corrected chi connectivity index (χ3v) is 3.64. The normalized spacial score (nSPS) is 10.7. The van der Waals surface area contributed by atoms with Gasteiger partial charge in [0.2, 0.25) is 5.91 Å². The predicted octanol–water partition coefficient (Wildman–Crippen LogP) is 3.68. The molecule has 3 nitrogen and oxygen atoms in total. The maximum Gasteiger partial charge on any atom is 0.224 e. The molecule has 2 N–H and O–H groups in total. The number of hydrogen-bond acceptors (Lipinski definition) is 1. The topological polar surface area (TPSA) is 44.9 Å². The minimum atomic E-state index is 0.0137. The number of nitrogens with one attached hydrogen (secondary N) is 2. The molecule has 0 spiro atoms. The lowest BCUT2D eigenvalue weighted by molar-refractivity contribution is -0.120. The number of aromatic nitrogens is 1. The van der Waals surface area contributed by atoms with E-state index in [1.54, 1.807) is 0 Å². The van der Waals surface area contributed by atoms with E-state index in [0.717, 1.165) is 22.0 Å². The molecule has 0 radical (unpaired) electrons. The molecule has 1 heterocycles. The Morgan fingerprint density at radius 3 is 2.62 bits per heavy atom. The van der Waals surface area contributed by atoms with Gasteiger partial charge in [-0.1, -0.05) is 29.8 Å². The van der Waals surface area contributed by atoms with E-state index in [-0.39, 0.29) is 5.91 Å². The maximum atomic E-state index is 12.0. The van der Waals surface area contributed by atoms with Gasteiger partial charge in [-0.25, -0.2) is 0 Å². The largest absolute Gasteiger partial charge is 0.361 e. The molecular weight excluding hydrogens is 284 g/mol. The number of H-pyrrole nitrogens is 1. The van der Waals surface area contributed by atoms with E-state index >= 15 is 0 Å². The van der Waals surface area contributed by atoms with E-state index in [9.17, 15) is 4.79 Å². The molecule has 0 unspecified atom stereocenters. The number of amides is 1. The molecule has 21 heavy (non-hydrogen) atoms. The zero-order valence-electron chi connectivity index (χ0n) is 11.4. The molecule has 2 aromatic carbocycles. The molecular formula is C17H15ClN2O. The highest BCUT2D eigenvalue weighted by atomic mass is 35.5. The number of benzene rings is 2. The van der Waals surface area contributed by atoms with Gasteiger partial charge in [-0.15, -0.1) is 0 Å². The molecule has 3 rings (SSSR count). The van der Waals surface area contributed by atoms with Crippen LogP contribution in [-0.2, 0) is 17.8 Å². The summed E-state index contributed by atoms with van der Waals surface area (Å²) < 4.78 is 0. The second-order valence-electron chi connectivity index (χ2n) is 4.98. The average Bonchev–Trinajstić information content (AvgIpc) is 2.94. The van der Waals surface area contributed by atoms with Crippen LogP contribution < -0.4 is 5.32 Å². The number of halogens is 1. The highest BCUT2D eigenvalue weighted by molar-refractivity contribution is 6.30. The minimum absolute atomic E-state index is 0.0137. The molecule has 4 heteroatoms.